The highest BCUT2D eigenvalue weighted by Gasteiger charge is 2.06. The molecule has 0 amide bonds. The number of ether oxygens (including phenoxy) is 1. The summed E-state index contributed by atoms with van der Waals surface area (Å²) in [6, 6.07) is 12.5. The quantitative estimate of drug-likeness (QED) is 0.861. The van der Waals surface area contributed by atoms with Crippen LogP contribution in [0.3, 0.4) is 0 Å². The molecule has 0 heterocycles. The Morgan fingerprint density at radius 1 is 0.952 bits per heavy atom. The average Bonchev–Trinajstić information content (AvgIpc) is 2.41. The van der Waals surface area contributed by atoms with Crippen LogP contribution >= 0.6 is 0 Å². The van der Waals surface area contributed by atoms with Crippen molar-refractivity contribution in [3.05, 3.63) is 58.7 Å². The number of hydrogen-bond acceptors (Lipinski definition) is 2. The Hall–Kier alpha value is -1.80. The second kappa shape index (κ2) is 6.77. The second-order valence-electron chi connectivity index (χ2n) is 5.90. The van der Waals surface area contributed by atoms with Crippen molar-refractivity contribution in [2.45, 2.75) is 40.0 Å². The summed E-state index contributed by atoms with van der Waals surface area (Å²) in [5.74, 6) is 2.31. The van der Waals surface area contributed by atoms with Crippen LogP contribution in [0.15, 0.2) is 36.4 Å². The predicted octanol–water partition coefficient (Wildman–Crippen LogP) is 4.72. The van der Waals surface area contributed by atoms with E-state index in [-0.39, 0.29) is 0 Å². The molecule has 0 aliphatic heterocycles. The minimum Gasteiger partial charge on any atom is -0.457 e. The number of benzene rings is 2. The maximum absolute atomic E-state index is 5.98. The average molecular weight is 283 g/mol. The van der Waals surface area contributed by atoms with Gasteiger partial charge in [-0.25, -0.2) is 0 Å². The van der Waals surface area contributed by atoms with Gasteiger partial charge in [0.25, 0.3) is 0 Å². The summed E-state index contributed by atoms with van der Waals surface area (Å²) in [7, 11) is 0. The highest BCUT2D eigenvalue weighted by atomic mass is 16.5. The van der Waals surface area contributed by atoms with Gasteiger partial charge in [-0.05, 0) is 79.3 Å². The van der Waals surface area contributed by atoms with Gasteiger partial charge >= 0.3 is 0 Å². The minimum atomic E-state index is 0.539. The third-order valence-electron chi connectivity index (χ3n) is 3.83. The van der Waals surface area contributed by atoms with Gasteiger partial charge in [-0.3, -0.25) is 0 Å². The maximum atomic E-state index is 5.98. The summed E-state index contributed by atoms with van der Waals surface area (Å²) >= 11 is 0. The van der Waals surface area contributed by atoms with Gasteiger partial charge in [0.05, 0.1) is 0 Å². The van der Waals surface area contributed by atoms with Crippen LogP contribution in [0.2, 0.25) is 0 Å². The van der Waals surface area contributed by atoms with E-state index in [0.717, 1.165) is 17.9 Å². The Morgan fingerprint density at radius 2 is 1.57 bits per heavy atom. The minimum absolute atomic E-state index is 0.539. The highest BCUT2D eigenvalue weighted by Crippen LogP contribution is 2.28. The first-order valence-corrected chi connectivity index (χ1v) is 7.59. The third-order valence-corrected chi connectivity index (χ3v) is 3.83. The van der Waals surface area contributed by atoms with Crippen molar-refractivity contribution in [3.63, 3.8) is 0 Å². The van der Waals surface area contributed by atoms with Gasteiger partial charge in [-0.15, -0.1) is 0 Å². The summed E-state index contributed by atoms with van der Waals surface area (Å²) in [5, 5.41) is 0. The molecule has 0 saturated carbocycles. The van der Waals surface area contributed by atoms with Crippen LogP contribution in [0.25, 0.3) is 0 Å². The first-order chi connectivity index (χ1) is 10.0. The zero-order chi connectivity index (χ0) is 15.4. The van der Waals surface area contributed by atoms with Gasteiger partial charge in [-0.2, -0.15) is 0 Å². The summed E-state index contributed by atoms with van der Waals surface area (Å²) in [6.45, 7) is 9.34. The molecule has 2 rings (SSSR count). The molecule has 2 nitrogen and oxygen atoms in total. The van der Waals surface area contributed by atoms with Gasteiger partial charge in [0, 0.05) is 0 Å². The lowest BCUT2D eigenvalue weighted by atomic mass is 9.98. The van der Waals surface area contributed by atoms with E-state index in [1.165, 1.54) is 22.3 Å². The molecule has 0 saturated heterocycles. The van der Waals surface area contributed by atoms with Crippen LogP contribution in [0.5, 0.6) is 11.5 Å². The zero-order valence-corrected chi connectivity index (χ0v) is 13.4. The Balaban J connectivity index is 2.18. The van der Waals surface area contributed by atoms with E-state index >= 15 is 0 Å². The Kier molecular flexibility index (Phi) is 5.03. The summed E-state index contributed by atoms with van der Waals surface area (Å²) in [5.41, 5.74) is 10.8. The van der Waals surface area contributed by atoms with E-state index in [0.29, 0.717) is 12.5 Å². The zero-order valence-electron chi connectivity index (χ0n) is 13.4. The molecule has 2 aromatic carbocycles. The van der Waals surface area contributed by atoms with Crippen molar-refractivity contribution >= 4 is 0 Å². The third kappa shape index (κ3) is 3.85. The van der Waals surface area contributed by atoms with Gasteiger partial charge in [-0.1, -0.05) is 26.0 Å². The normalized spacial score (nSPS) is 11.0. The molecule has 0 unspecified atom stereocenters. The van der Waals surface area contributed by atoms with Crippen LogP contribution in [-0.2, 0) is 6.42 Å². The molecule has 0 bridgehead atoms. The molecule has 0 atom stereocenters. The Morgan fingerprint density at radius 3 is 2.10 bits per heavy atom. The summed E-state index contributed by atoms with van der Waals surface area (Å²) in [4.78, 5) is 0. The summed E-state index contributed by atoms with van der Waals surface area (Å²) in [6.07, 6.45) is 0.911. The summed E-state index contributed by atoms with van der Waals surface area (Å²) < 4.78 is 5.98. The molecular formula is C19H25NO. The Bertz CT molecular complexity index is 617. The number of rotatable bonds is 5. The SMILES string of the molecule is Cc1cc(Oc2ccc(C(C)C)c(C)c2)ccc1CCN. The molecule has 0 aliphatic rings. The fourth-order valence-electron chi connectivity index (χ4n) is 2.66. The highest BCUT2D eigenvalue weighted by molar-refractivity contribution is 5.41. The largest absolute Gasteiger partial charge is 0.457 e. The molecule has 2 heteroatoms. The number of aryl methyl sites for hydroxylation is 2. The van der Waals surface area contributed by atoms with Crippen molar-refractivity contribution < 1.29 is 4.74 Å². The van der Waals surface area contributed by atoms with Crippen LogP contribution in [0, 0.1) is 13.8 Å². The van der Waals surface area contributed by atoms with Crippen molar-refractivity contribution in [1.82, 2.24) is 0 Å². The van der Waals surface area contributed by atoms with Gasteiger partial charge in [0.15, 0.2) is 0 Å². The topological polar surface area (TPSA) is 35.2 Å². The van der Waals surface area contributed by atoms with Crippen molar-refractivity contribution in [1.29, 1.82) is 0 Å². The van der Waals surface area contributed by atoms with Crippen LogP contribution in [0.1, 0.15) is 42.0 Å². The molecule has 0 spiro atoms. The van der Waals surface area contributed by atoms with E-state index in [2.05, 4.69) is 52.0 Å². The molecule has 0 fully saturated rings. The van der Waals surface area contributed by atoms with Gasteiger partial charge < -0.3 is 10.5 Å². The lowest BCUT2D eigenvalue weighted by molar-refractivity contribution is 0.481. The van der Waals surface area contributed by atoms with Crippen LogP contribution < -0.4 is 10.5 Å². The first kappa shape index (κ1) is 15.6. The number of hydrogen-bond donors (Lipinski definition) is 1. The molecule has 112 valence electrons. The molecule has 0 radical (unpaired) electrons. The maximum Gasteiger partial charge on any atom is 0.127 e. The molecule has 0 aromatic heterocycles. The monoisotopic (exact) mass is 283 g/mol. The van der Waals surface area contributed by atoms with Crippen molar-refractivity contribution in [2.24, 2.45) is 5.73 Å². The first-order valence-electron chi connectivity index (χ1n) is 7.59. The van der Waals surface area contributed by atoms with E-state index in [9.17, 15) is 0 Å². The Labute approximate surface area is 127 Å². The smallest absolute Gasteiger partial charge is 0.127 e. The molecule has 2 aromatic rings. The molecular weight excluding hydrogens is 258 g/mol. The molecule has 21 heavy (non-hydrogen) atoms. The fraction of sp³-hybridized carbons (Fsp3) is 0.368. The van der Waals surface area contributed by atoms with Crippen LogP contribution in [0.4, 0.5) is 0 Å². The van der Waals surface area contributed by atoms with E-state index in [1.807, 2.05) is 12.1 Å². The number of nitrogens with two attached hydrogens (primary N) is 1. The fourth-order valence-corrected chi connectivity index (χ4v) is 2.66. The van der Waals surface area contributed by atoms with Gasteiger partial charge in [0.1, 0.15) is 11.5 Å². The van der Waals surface area contributed by atoms with E-state index in [4.69, 9.17) is 10.5 Å². The molecule has 2 N–H and O–H groups in total. The van der Waals surface area contributed by atoms with E-state index < -0.39 is 0 Å². The van der Waals surface area contributed by atoms with Crippen LogP contribution in [-0.4, -0.2) is 6.54 Å². The lowest BCUT2D eigenvalue weighted by Crippen LogP contribution is -2.04. The standard InChI is InChI=1S/C19H25NO/c1-13(2)19-8-7-18(12-15(19)4)21-17-6-5-16(9-10-20)14(3)11-17/h5-8,11-13H,9-10,20H2,1-4H3. The predicted molar refractivity (Wildman–Crippen MR) is 89.3 cm³/mol. The second-order valence-corrected chi connectivity index (χ2v) is 5.90. The van der Waals surface area contributed by atoms with E-state index in [1.54, 1.807) is 0 Å². The van der Waals surface area contributed by atoms with Gasteiger partial charge in [0.2, 0.25) is 0 Å². The van der Waals surface area contributed by atoms with Crippen molar-refractivity contribution in [3.8, 4) is 11.5 Å². The lowest BCUT2D eigenvalue weighted by Gasteiger charge is -2.13. The van der Waals surface area contributed by atoms with Crippen molar-refractivity contribution in [2.75, 3.05) is 6.54 Å². The molecule has 0 aliphatic carbocycles.